The van der Waals surface area contributed by atoms with Gasteiger partial charge in [-0.15, -0.1) is 0 Å². The first-order valence-corrected chi connectivity index (χ1v) is 9.52. The fourth-order valence-corrected chi connectivity index (χ4v) is 2.69. The van der Waals surface area contributed by atoms with Crippen LogP contribution in [0, 0.1) is 0 Å². The van der Waals surface area contributed by atoms with Crippen LogP contribution in [0.2, 0.25) is 0 Å². The van der Waals surface area contributed by atoms with E-state index >= 15 is 0 Å². The van der Waals surface area contributed by atoms with Gasteiger partial charge in [-0.05, 0) is 53.6 Å². The standard InChI is InChI=1S/C21H17BrF3N3O2/c1-29-19-10-15(4-8-18(19)30-13-14-2-6-17(22)7-3-14)11-27-28-20-9-5-16(12-26-20)21(23,24)25/h2-12H,13H2,1H3,(H,26,28)/b27-11-. The SMILES string of the molecule is COc1cc(/C=N\Nc2ccc(C(F)(F)F)cn2)ccc1OCc1ccc(Br)cc1. The zero-order chi connectivity index (χ0) is 21.6. The number of methoxy groups -OCH3 is 1. The lowest BCUT2D eigenvalue weighted by Crippen LogP contribution is -2.05. The highest BCUT2D eigenvalue weighted by molar-refractivity contribution is 9.10. The second-order valence-electron chi connectivity index (χ2n) is 6.13. The predicted molar refractivity (Wildman–Crippen MR) is 112 cm³/mol. The molecule has 2 aromatic carbocycles. The van der Waals surface area contributed by atoms with Crippen molar-refractivity contribution in [2.45, 2.75) is 12.8 Å². The van der Waals surface area contributed by atoms with Crippen molar-refractivity contribution in [2.75, 3.05) is 12.5 Å². The largest absolute Gasteiger partial charge is 0.493 e. The lowest BCUT2D eigenvalue weighted by molar-refractivity contribution is -0.137. The molecule has 3 rings (SSSR count). The van der Waals surface area contributed by atoms with Crippen molar-refractivity contribution in [3.05, 3.63) is 82.0 Å². The molecule has 30 heavy (non-hydrogen) atoms. The van der Waals surface area contributed by atoms with Gasteiger partial charge in [0.1, 0.15) is 12.4 Å². The number of pyridine rings is 1. The van der Waals surface area contributed by atoms with Crippen LogP contribution in [0.25, 0.3) is 0 Å². The van der Waals surface area contributed by atoms with Crippen LogP contribution in [0.1, 0.15) is 16.7 Å². The molecule has 0 atom stereocenters. The number of hydrogen-bond acceptors (Lipinski definition) is 5. The predicted octanol–water partition coefficient (Wildman–Crippen LogP) is 5.90. The molecule has 156 valence electrons. The highest BCUT2D eigenvalue weighted by Gasteiger charge is 2.30. The molecule has 0 aliphatic rings. The molecule has 0 spiro atoms. The topological polar surface area (TPSA) is 55.7 Å². The van der Waals surface area contributed by atoms with Gasteiger partial charge in [0.25, 0.3) is 0 Å². The minimum absolute atomic E-state index is 0.195. The molecule has 1 aromatic heterocycles. The Morgan fingerprint density at radius 3 is 2.47 bits per heavy atom. The normalized spacial score (nSPS) is 11.5. The third kappa shape index (κ3) is 5.96. The van der Waals surface area contributed by atoms with E-state index in [0.29, 0.717) is 23.7 Å². The van der Waals surface area contributed by atoms with E-state index in [-0.39, 0.29) is 5.82 Å². The van der Waals surface area contributed by atoms with Crippen molar-refractivity contribution in [2.24, 2.45) is 5.10 Å². The Balaban J connectivity index is 1.61. The zero-order valence-corrected chi connectivity index (χ0v) is 17.4. The number of aromatic nitrogens is 1. The highest BCUT2D eigenvalue weighted by atomic mass is 79.9. The summed E-state index contributed by atoms with van der Waals surface area (Å²) in [6, 6.07) is 15.2. The van der Waals surface area contributed by atoms with Gasteiger partial charge in [0.2, 0.25) is 0 Å². The number of hydrogen-bond donors (Lipinski definition) is 1. The maximum absolute atomic E-state index is 12.6. The van der Waals surface area contributed by atoms with Crippen LogP contribution in [-0.2, 0) is 12.8 Å². The molecular formula is C21H17BrF3N3O2. The summed E-state index contributed by atoms with van der Waals surface area (Å²) >= 11 is 3.39. The second kappa shape index (κ2) is 9.62. The quantitative estimate of drug-likeness (QED) is 0.338. The monoisotopic (exact) mass is 479 g/mol. The number of rotatable bonds is 7. The van der Waals surface area contributed by atoms with Crippen LogP contribution < -0.4 is 14.9 Å². The van der Waals surface area contributed by atoms with Crippen LogP contribution in [0.5, 0.6) is 11.5 Å². The Morgan fingerprint density at radius 2 is 1.83 bits per heavy atom. The summed E-state index contributed by atoms with van der Waals surface area (Å²) in [5.74, 6) is 1.30. The Hall–Kier alpha value is -3.07. The molecule has 0 radical (unpaired) electrons. The Kier molecular flexibility index (Phi) is 6.94. The molecule has 9 heteroatoms. The Labute approximate surface area is 179 Å². The van der Waals surface area contributed by atoms with E-state index in [4.69, 9.17) is 9.47 Å². The van der Waals surface area contributed by atoms with Crippen LogP contribution in [0.15, 0.2) is 70.4 Å². The summed E-state index contributed by atoms with van der Waals surface area (Å²) in [5.41, 5.74) is 3.49. The highest BCUT2D eigenvalue weighted by Crippen LogP contribution is 2.29. The van der Waals surface area contributed by atoms with E-state index < -0.39 is 11.7 Å². The molecule has 0 fully saturated rings. The third-order valence-corrected chi connectivity index (χ3v) is 4.51. The molecule has 3 aromatic rings. The van der Waals surface area contributed by atoms with Crippen LogP contribution in [-0.4, -0.2) is 18.3 Å². The lowest BCUT2D eigenvalue weighted by Gasteiger charge is -2.11. The maximum Gasteiger partial charge on any atom is 0.417 e. The van der Waals surface area contributed by atoms with E-state index in [1.165, 1.54) is 19.4 Å². The third-order valence-electron chi connectivity index (χ3n) is 3.98. The first kappa shape index (κ1) is 21.6. The summed E-state index contributed by atoms with van der Waals surface area (Å²) in [7, 11) is 1.53. The van der Waals surface area contributed by atoms with Crippen molar-refractivity contribution in [3.8, 4) is 11.5 Å². The van der Waals surface area contributed by atoms with Gasteiger partial charge in [-0.3, -0.25) is 5.43 Å². The van der Waals surface area contributed by atoms with Crippen LogP contribution >= 0.6 is 15.9 Å². The number of benzene rings is 2. The molecule has 0 aliphatic carbocycles. The molecule has 0 amide bonds. The van der Waals surface area contributed by atoms with Gasteiger partial charge in [-0.2, -0.15) is 18.3 Å². The van der Waals surface area contributed by atoms with E-state index in [2.05, 4.69) is 31.4 Å². The molecule has 0 unspecified atom stereocenters. The van der Waals surface area contributed by atoms with Gasteiger partial charge in [0, 0.05) is 10.7 Å². The average molecular weight is 480 g/mol. The molecule has 0 aliphatic heterocycles. The van der Waals surface area contributed by atoms with E-state index in [1.54, 1.807) is 18.2 Å². The number of ether oxygens (including phenoxy) is 2. The number of nitrogens with zero attached hydrogens (tertiary/aromatic N) is 2. The van der Waals surface area contributed by atoms with Gasteiger partial charge in [-0.1, -0.05) is 28.1 Å². The van der Waals surface area contributed by atoms with E-state index in [1.807, 2.05) is 24.3 Å². The minimum Gasteiger partial charge on any atom is -0.493 e. The molecule has 0 saturated carbocycles. The number of halogens is 4. The first-order chi connectivity index (χ1) is 14.3. The van der Waals surface area contributed by atoms with E-state index in [0.717, 1.165) is 22.3 Å². The number of alkyl halides is 3. The molecule has 5 nitrogen and oxygen atoms in total. The van der Waals surface area contributed by atoms with Gasteiger partial charge in [0.05, 0.1) is 18.9 Å². The van der Waals surface area contributed by atoms with Gasteiger partial charge in [0.15, 0.2) is 11.5 Å². The van der Waals surface area contributed by atoms with Gasteiger partial charge < -0.3 is 9.47 Å². The number of anilines is 1. The van der Waals surface area contributed by atoms with Crippen molar-refractivity contribution in [1.82, 2.24) is 4.98 Å². The number of hydrazone groups is 1. The summed E-state index contributed by atoms with van der Waals surface area (Å²) in [5, 5.41) is 3.99. The zero-order valence-electron chi connectivity index (χ0n) is 15.8. The van der Waals surface area contributed by atoms with Crippen molar-refractivity contribution >= 4 is 28.0 Å². The van der Waals surface area contributed by atoms with Gasteiger partial charge >= 0.3 is 6.18 Å². The fraction of sp³-hybridized carbons (Fsp3) is 0.143. The molecule has 1 N–H and O–H groups in total. The van der Waals surface area contributed by atoms with Crippen LogP contribution in [0.4, 0.5) is 19.0 Å². The average Bonchev–Trinajstić information content (AvgIpc) is 2.73. The fourth-order valence-electron chi connectivity index (χ4n) is 2.43. The Morgan fingerprint density at radius 1 is 1.07 bits per heavy atom. The molecule has 1 heterocycles. The van der Waals surface area contributed by atoms with Crippen molar-refractivity contribution in [1.29, 1.82) is 0 Å². The first-order valence-electron chi connectivity index (χ1n) is 8.73. The van der Waals surface area contributed by atoms with Gasteiger partial charge in [-0.25, -0.2) is 4.98 Å². The minimum atomic E-state index is -4.42. The summed E-state index contributed by atoms with van der Waals surface area (Å²) in [6.45, 7) is 0.387. The van der Waals surface area contributed by atoms with Crippen molar-refractivity contribution < 1.29 is 22.6 Å². The summed E-state index contributed by atoms with van der Waals surface area (Å²) in [6.07, 6.45) is -2.18. The maximum atomic E-state index is 12.6. The Bertz CT molecular complexity index is 1010. The lowest BCUT2D eigenvalue weighted by atomic mass is 10.2. The second-order valence-corrected chi connectivity index (χ2v) is 7.04. The summed E-state index contributed by atoms with van der Waals surface area (Å²) in [4.78, 5) is 3.69. The molecule has 0 bridgehead atoms. The smallest absolute Gasteiger partial charge is 0.417 e. The summed E-state index contributed by atoms with van der Waals surface area (Å²) < 4.78 is 49.8. The molecular weight excluding hydrogens is 463 g/mol. The molecule has 0 saturated heterocycles. The van der Waals surface area contributed by atoms with Crippen molar-refractivity contribution in [3.63, 3.8) is 0 Å². The van der Waals surface area contributed by atoms with Crippen LogP contribution in [0.3, 0.4) is 0 Å². The van der Waals surface area contributed by atoms with E-state index in [9.17, 15) is 13.2 Å². The number of nitrogens with one attached hydrogen (secondary N) is 1.